The molecular formula is C29H48O2. The summed E-state index contributed by atoms with van der Waals surface area (Å²) in [5, 5.41) is 11.6. The zero-order valence-corrected chi connectivity index (χ0v) is 21.2. The lowest BCUT2D eigenvalue weighted by Crippen LogP contribution is -2.55. The Kier molecular flexibility index (Phi) is 6.56. The monoisotopic (exact) mass is 428 g/mol. The topological polar surface area (TPSA) is 29.5 Å². The number of ether oxygens (including phenoxy) is 1. The first kappa shape index (κ1) is 23.6. The van der Waals surface area contributed by atoms with E-state index in [0.717, 1.165) is 12.8 Å². The normalized spacial score (nSPS) is 46.9. The Balaban J connectivity index is 1.58. The summed E-state index contributed by atoms with van der Waals surface area (Å²) in [7, 11) is 1.87. The molecule has 4 aliphatic carbocycles. The summed E-state index contributed by atoms with van der Waals surface area (Å²) in [5.74, 6) is 4.30. The minimum Gasteiger partial charge on any atom is -0.392 e. The molecule has 0 aromatic carbocycles. The highest BCUT2D eigenvalue weighted by molar-refractivity contribution is 5.30. The third-order valence-electron chi connectivity index (χ3n) is 10.8. The molecule has 176 valence electrons. The van der Waals surface area contributed by atoms with Gasteiger partial charge >= 0.3 is 0 Å². The van der Waals surface area contributed by atoms with Gasteiger partial charge in [-0.2, -0.15) is 0 Å². The number of hydrogen-bond donors (Lipinski definition) is 1. The Morgan fingerprint density at radius 2 is 1.81 bits per heavy atom. The third-order valence-corrected chi connectivity index (χ3v) is 10.8. The fourth-order valence-corrected chi connectivity index (χ4v) is 8.42. The highest BCUT2D eigenvalue weighted by Crippen LogP contribution is 2.66. The van der Waals surface area contributed by atoms with Crippen LogP contribution in [0.1, 0.15) is 86.5 Å². The lowest BCUT2D eigenvalue weighted by atomic mass is 9.47. The van der Waals surface area contributed by atoms with Gasteiger partial charge in [0.05, 0.1) is 12.2 Å². The van der Waals surface area contributed by atoms with E-state index in [-0.39, 0.29) is 16.9 Å². The van der Waals surface area contributed by atoms with Crippen LogP contribution in [-0.4, -0.2) is 24.4 Å². The fraction of sp³-hybridized carbons (Fsp3) is 0.862. The standard InChI is InChI=1S/C29H48O2/c1-18(2)19(3)8-9-20(4)24-12-13-25-23-11-10-21-16-22(31-7)14-15-28(21,5)27(23)26(30)17-29(24,25)6/h8-9,11,18-22,24-27,30H,10,12-17H2,1-7H3/b9-8+/t19-,20+,21-,22+,24+,25-,26+,27+,28-,29+/m0/s1. The highest BCUT2D eigenvalue weighted by Gasteiger charge is 2.61. The highest BCUT2D eigenvalue weighted by atomic mass is 16.5. The second-order valence-corrected chi connectivity index (χ2v) is 12.6. The molecule has 0 unspecified atom stereocenters. The average molecular weight is 429 g/mol. The summed E-state index contributed by atoms with van der Waals surface area (Å²) in [5.41, 5.74) is 2.13. The van der Waals surface area contributed by atoms with Crippen LogP contribution in [0, 0.1) is 52.3 Å². The van der Waals surface area contributed by atoms with Gasteiger partial charge in [0.25, 0.3) is 0 Å². The van der Waals surface area contributed by atoms with Gasteiger partial charge in [-0.15, -0.1) is 0 Å². The Morgan fingerprint density at radius 3 is 2.48 bits per heavy atom. The zero-order chi connectivity index (χ0) is 22.6. The molecule has 3 saturated carbocycles. The van der Waals surface area contributed by atoms with Crippen molar-refractivity contribution in [2.24, 2.45) is 52.3 Å². The molecule has 0 spiro atoms. The molecule has 2 heteroatoms. The molecule has 0 amide bonds. The summed E-state index contributed by atoms with van der Waals surface area (Å²) in [6.45, 7) is 14.4. The molecule has 10 atom stereocenters. The van der Waals surface area contributed by atoms with Crippen molar-refractivity contribution in [3.05, 3.63) is 23.8 Å². The van der Waals surface area contributed by atoms with Crippen molar-refractivity contribution < 1.29 is 9.84 Å². The fourth-order valence-electron chi connectivity index (χ4n) is 8.42. The van der Waals surface area contributed by atoms with Gasteiger partial charge in [-0.1, -0.05) is 65.3 Å². The summed E-state index contributed by atoms with van der Waals surface area (Å²) in [6, 6.07) is 0. The molecule has 0 aromatic heterocycles. The van der Waals surface area contributed by atoms with Crippen LogP contribution in [0.3, 0.4) is 0 Å². The molecule has 4 aliphatic rings. The van der Waals surface area contributed by atoms with Crippen LogP contribution in [0.5, 0.6) is 0 Å². The Labute approximate surface area is 191 Å². The first-order chi connectivity index (χ1) is 14.6. The third kappa shape index (κ3) is 3.88. The SMILES string of the molecule is CO[C@@H]1CC[C@@]2(C)[C@@H](CC=C3[C@@H]2[C@H](O)C[C@]2(C)[C@@H]([C@H](C)/C=C/[C@H](C)C(C)C)CC[C@@H]32)C1. The molecular weight excluding hydrogens is 380 g/mol. The molecule has 0 heterocycles. The van der Waals surface area contributed by atoms with E-state index in [1.165, 1.54) is 32.1 Å². The van der Waals surface area contributed by atoms with Gasteiger partial charge in [-0.25, -0.2) is 0 Å². The van der Waals surface area contributed by atoms with Gasteiger partial charge in [0.15, 0.2) is 0 Å². The molecule has 0 aliphatic heterocycles. The number of hydrogen-bond acceptors (Lipinski definition) is 2. The molecule has 31 heavy (non-hydrogen) atoms. The Bertz CT molecular complexity index is 708. The lowest BCUT2D eigenvalue weighted by molar-refractivity contribution is -0.103. The maximum Gasteiger partial charge on any atom is 0.0616 e. The number of aliphatic hydroxyl groups excluding tert-OH is 1. The van der Waals surface area contributed by atoms with Crippen LogP contribution in [0.25, 0.3) is 0 Å². The van der Waals surface area contributed by atoms with Crippen LogP contribution in [0.2, 0.25) is 0 Å². The Hall–Kier alpha value is -0.600. The van der Waals surface area contributed by atoms with Gasteiger partial charge in [0, 0.05) is 13.0 Å². The van der Waals surface area contributed by atoms with E-state index in [9.17, 15) is 5.11 Å². The Morgan fingerprint density at radius 1 is 1.06 bits per heavy atom. The molecule has 2 nitrogen and oxygen atoms in total. The van der Waals surface area contributed by atoms with Crippen LogP contribution >= 0.6 is 0 Å². The second-order valence-electron chi connectivity index (χ2n) is 12.6. The van der Waals surface area contributed by atoms with E-state index >= 15 is 0 Å². The van der Waals surface area contributed by atoms with Crippen molar-refractivity contribution in [1.82, 2.24) is 0 Å². The number of allylic oxidation sites excluding steroid dienone is 3. The average Bonchev–Trinajstić information content (AvgIpc) is 3.07. The van der Waals surface area contributed by atoms with Crippen LogP contribution < -0.4 is 0 Å². The molecule has 0 radical (unpaired) electrons. The van der Waals surface area contributed by atoms with Crippen LogP contribution in [-0.2, 0) is 4.74 Å². The molecule has 3 fully saturated rings. The van der Waals surface area contributed by atoms with Crippen molar-refractivity contribution >= 4 is 0 Å². The first-order valence-corrected chi connectivity index (χ1v) is 13.2. The minimum atomic E-state index is -0.189. The van der Waals surface area contributed by atoms with E-state index in [1.54, 1.807) is 5.57 Å². The number of fused-ring (bicyclic) bond motifs is 5. The van der Waals surface area contributed by atoms with Gasteiger partial charge in [0.2, 0.25) is 0 Å². The molecule has 1 N–H and O–H groups in total. The van der Waals surface area contributed by atoms with Crippen molar-refractivity contribution in [2.75, 3.05) is 7.11 Å². The van der Waals surface area contributed by atoms with Gasteiger partial charge in [-0.3, -0.25) is 0 Å². The maximum atomic E-state index is 11.6. The minimum absolute atomic E-state index is 0.189. The van der Waals surface area contributed by atoms with Crippen molar-refractivity contribution in [1.29, 1.82) is 0 Å². The van der Waals surface area contributed by atoms with E-state index in [2.05, 4.69) is 59.8 Å². The van der Waals surface area contributed by atoms with Crippen molar-refractivity contribution in [3.63, 3.8) is 0 Å². The molecule has 4 rings (SSSR count). The summed E-state index contributed by atoms with van der Waals surface area (Å²) >= 11 is 0. The lowest BCUT2D eigenvalue weighted by Gasteiger charge is -2.59. The van der Waals surface area contributed by atoms with E-state index < -0.39 is 0 Å². The smallest absolute Gasteiger partial charge is 0.0616 e. The molecule has 0 saturated heterocycles. The molecule has 0 bridgehead atoms. The number of aliphatic hydroxyl groups is 1. The summed E-state index contributed by atoms with van der Waals surface area (Å²) in [4.78, 5) is 0. The molecule has 0 aromatic rings. The van der Waals surface area contributed by atoms with E-state index in [4.69, 9.17) is 4.74 Å². The maximum absolute atomic E-state index is 11.6. The van der Waals surface area contributed by atoms with E-state index in [0.29, 0.717) is 47.5 Å². The van der Waals surface area contributed by atoms with Crippen LogP contribution in [0.4, 0.5) is 0 Å². The van der Waals surface area contributed by atoms with E-state index in [1.807, 2.05) is 7.11 Å². The van der Waals surface area contributed by atoms with Gasteiger partial charge in [0.1, 0.15) is 0 Å². The number of methoxy groups -OCH3 is 1. The quantitative estimate of drug-likeness (QED) is 0.476. The van der Waals surface area contributed by atoms with Gasteiger partial charge in [-0.05, 0) is 91.3 Å². The summed E-state index contributed by atoms with van der Waals surface area (Å²) in [6.07, 6.45) is 16.1. The zero-order valence-electron chi connectivity index (χ0n) is 21.2. The second kappa shape index (κ2) is 8.64. The van der Waals surface area contributed by atoms with Crippen molar-refractivity contribution in [3.8, 4) is 0 Å². The van der Waals surface area contributed by atoms with Gasteiger partial charge < -0.3 is 9.84 Å². The van der Waals surface area contributed by atoms with Crippen LogP contribution in [0.15, 0.2) is 23.8 Å². The van der Waals surface area contributed by atoms with Crippen molar-refractivity contribution in [2.45, 2.75) is 98.7 Å². The number of rotatable bonds is 5. The first-order valence-electron chi connectivity index (χ1n) is 13.2. The largest absolute Gasteiger partial charge is 0.392 e. The predicted octanol–water partition coefficient (Wildman–Crippen LogP) is 7.04. The predicted molar refractivity (Wildman–Crippen MR) is 130 cm³/mol. The summed E-state index contributed by atoms with van der Waals surface area (Å²) < 4.78 is 5.74.